The molecule has 2 heterocycles. The number of aromatic nitrogens is 3. The molecule has 1 saturated heterocycles. The van der Waals surface area contributed by atoms with Gasteiger partial charge in [-0.05, 0) is 37.5 Å². The van der Waals surface area contributed by atoms with Crippen molar-refractivity contribution in [1.82, 2.24) is 25.4 Å². The van der Waals surface area contributed by atoms with Crippen LogP contribution < -0.4 is 10.6 Å². The van der Waals surface area contributed by atoms with Crippen molar-refractivity contribution in [2.45, 2.75) is 39.0 Å². The average Bonchev–Trinajstić information content (AvgIpc) is 3.27. The summed E-state index contributed by atoms with van der Waals surface area (Å²) in [6.45, 7) is 4.63. The second-order valence-corrected chi connectivity index (χ2v) is 6.82. The SMILES string of the molecule is Cc1nnc(CNC(=NCc2ccc(Cl)cc2)NCC2CCCO2)n1C. The highest BCUT2D eigenvalue weighted by molar-refractivity contribution is 6.30. The van der Waals surface area contributed by atoms with Gasteiger partial charge >= 0.3 is 0 Å². The van der Waals surface area contributed by atoms with Crippen LogP contribution in [0, 0.1) is 6.92 Å². The maximum atomic E-state index is 5.94. The van der Waals surface area contributed by atoms with Gasteiger partial charge in [-0.2, -0.15) is 0 Å². The summed E-state index contributed by atoms with van der Waals surface area (Å²) in [4.78, 5) is 4.67. The van der Waals surface area contributed by atoms with Crippen LogP contribution in [-0.4, -0.2) is 40.0 Å². The van der Waals surface area contributed by atoms with Crippen LogP contribution in [0.25, 0.3) is 0 Å². The predicted octanol–water partition coefficient (Wildman–Crippen LogP) is 2.19. The molecule has 1 atom stereocenters. The van der Waals surface area contributed by atoms with Crippen molar-refractivity contribution < 1.29 is 4.74 Å². The third kappa shape index (κ3) is 5.19. The molecule has 0 saturated carbocycles. The van der Waals surface area contributed by atoms with Crippen LogP contribution in [0.2, 0.25) is 5.02 Å². The van der Waals surface area contributed by atoms with Crippen molar-refractivity contribution in [3.8, 4) is 0 Å². The van der Waals surface area contributed by atoms with Crippen molar-refractivity contribution in [3.63, 3.8) is 0 Å². The Balaban J connectivity index is 1.62. The lowest BCUT2D eigenvalue weighted by Gasteiger charge is -2.15. The largest absolute Gasteiger partial charge is 0.376 e. The molecule has 26 heavy (non-hydrogen) atoms. The fraction of sp³-hybridized carbons (Fsp3) is 0.500. The molecule has 140 valence electrons. The number of nitrogens with one attached hydrogen (secondary N) is 2. The van der Waals surface area contributed by atoms with Crippen molar-refractivity contribution in [3.05, 3.63) is 46.5 Å². The van der Waals surface area contributed by atoms with Gasteiger partial charge in [0.1, 0.15) is 5.82 Å². The lowest BCUT2D eigenvalue weighted by molar-refractivity contribution is 0.113. The van der Waals surface area contributed by atoms with Gasteiger partial charge in [-0.15, -0.1) is 10.2 Å². The number of halogens is 1. The molecule has 1 aromatic heterocycles. The predicted molar refractivity (Wildman–Crippen MR) is 102 cm³/mol. The van der Waals surface area contributed by atoms with Crippen LogP contribution in [-0.2, 0) is 24.9 Å². The standard InChI is InChI=1S/C18H25ClN6O/c1-13-23-24-17(25(13)2)12-22-18(21-11-16-4-3-9-26-16)20-10-14-5-7-15(19)8-6-14/h5-8,16H,3-4,9-12H2,1-2H3,(H2,20,21,22). The number of ether oxygens (including phenoxy) is 1. The Morgan fingerprint density at radius 1 is 1.31 bits per heavy atom. The van der Waals surface area contributed by atoms with Gasteiger partial charge in [0.05, 0.1) is 19.2 Å². The van der Waals surface area contributed by atoms with Gasteiger partial charge in [-0.3, -0.25) is 0 Å². The van der Waals surface area contributed by atoms with E-state index in [9.17, 15) is 0 Å². The first kappa shape index (κ1) is 18.7. The third-order valence-electron chi connectivity index (χ3n) is 4.45. The molecule has 2 aromatic rings. The Hall–Kier alpha value is -2.12. The Morgan fingerprint density at radius 2 is 2.12 bits per heavy atom. The Kier molecular flexibility index (Phi) is 6.46. The number of nitrogens with zero attached hydrogens (tertiary/aromatic N) is 4. The maximum absolute atomic E-state index is 5.94. The first-order chi connectivity index (χ1) is 12.6. The normalized spacial score (nSPS) is 17.5. The molecule has 3 rings (SSSR count). The fourth-order valence-corrected chi connectivity index (χ4v) is 2.84. The van der Waals surface area contributed by atoms with Crippen LogP contribution >= 0.6 is 11.6 Å². The molecule has 1 aromatic carbocycles. The molecule has 0 radical (unpaired) electrons. The molecule has 8 heteroatoms. The number of benzene rings is 1. The van der Waals surface area contributed by atoms with Gasteiger partial charge in [0.2, 0.25) is 0 Å². The van der Waals surface area contributed by atoms with Crippen molar-refractivity contribution in [1.29, 1.82) is 0 Å². The van der Waals surface area contributed by atoms with Crippen molar-refractivity contribution in [2.24, 2.45) is 12.0 Å². The second-order valence-electron chi connectivity index (χ2n) is 6.38. The van der Waals surface area contributed by atoms with Crippen LogP contribution in [0.3, 0.4) is 0 Å². The van der Waals surface area contributed by atoms with E-state index in [0.29, 0.717) is 13.1 Å². The van der Waals surface area contributed by atoms with Gasteiger partial charge in [0.15, 0.2) is 11.8 Å². The molecular formula is C18H25ClN6O. The zero-order valence-corrected chi connectivity index (χ0v) is 16.0. The molecule has 1 fully saturated rings. The lowest BCUT2D eigenvalue weighted by atomic mass is 10.2. The highest BCUT2D eigenvalue weighted by Crippen LogP contribution is 2.11. The van der Waals surface area contributed by atoms with E-state index in [0.717, 1.165) is 54.2 Å². The van der Waals surface area contributed by atoms with E-state index in [1.807, 2.05) is 42.8 Å². The van der Waals surface area contributed by atoms with Crippen molar-refractivity contribution in [2.75, 3.05) is 13.2 Å². The van der Waals surface area contributed by atoms with E-state index in [-0.39, 0.29) is 6.10 Å². The average molecular weight is 377 g/mol. The van der Waals surface area contributed by atoms with Gasteiger partial charge < -0.3 is 19.9 Å². The lowest BCUT2D eigenvalue weighted by Crippen LogP contribution is -2.41. The van der Waals surface area contributed by atoms with Crippen molar-refractivity contribution >= 4 is 17.6 Å². The van der Waals surface area contributed by atoms with Crippen LogP contribution in [0.15, 0.2) is 29.3 Å². The molecule has 1 aliphatic heterocycles. The number of hydrogen-bond acceptors (Lipinski definition) is 4. The summed E-state index contributed by atoms with van der Waals surface area (Å²) in [5.41, 5.74) is 1.10. The quantitative estimate of drug-likeness (QED) is 0.597. The topological polar surface area (TPSA) is 76.4 Å². The number of rotatable bonds is 6. The van der Waals surface area contributed by atoms with E-state index in [2.05, 4.69) is 25.8 Å². The van der Waals surface area contributed by atoms with Crippen LogP contribution in [0.4, 0.5) is 0 Å². The summed E-state index contributed by atoms with van der Waals surface area (Å²) in [5, 5.41) is 15.7. The van der Waals surface area contributed by atoms with Crippen LogP contribution in [0.5, 0.6) is 0 Å². The molecule has 0 aliphatic carbocycles. The first-order valence-electron chi connectivity index (χ1n) is 8.85. The fourth-order valence-electron chi connectivity index (χ4n) is 2.72. The minimum Gasteiger partial charge on any atom is -0.376 e. The molecule has 7 nitrogen and oxygen atoms in total. The minimum absolute atomic E-state index is 0.245. The Labute approximate surface area is 158 Å². The number of aryl methyl sites for hydroxylation is 1. The van der Waals surface area contributed by atoms with Crippen LogP contribution in [0.1, 0.15) is 30.1 Å². The van der Waals surface area contributed by atoms with E-state index >= 15 is 0 Å². The molecule has 0 spiro atoms. The summed E-state index contributed by atoms with van der Waals surface area (Å²) in [6.07, 6.45) is 2.45. The maximum Gasteiger partial charge on any atom is 0.192 e. The first-order valence-corrected chi connectivity index (χ1v) is 9.22. The monoisotopic (exact) mass is 376 g/mol. The minimum atomic E-state index is 0.245. The zero-order valence-electron chi connectivity index (χ0n) is 15.2. The van der Waals surface area contributed by atoms with E-state index in [4.69, 9.17) is 16.3 Å². The molecule has 2 N–H and O–H groups in total. The van der Waals surface area contributed by atoms with Gasteiger partial charge in [0, 0.05) is 25.2 Å². The third-order valence-corrected chi connectivity index (χ3v) is 4.70. The number of aliphatic imine (C=N–C) groups is 1. The summed E-state index contributed by atoms with van der Waals surface area (Å²) < 4.78 is 7.64. The smallest absolute Gasteiger partial charge is 0.192 e. The van der Waals surface area contributed by atoms with Gasteiger partial charge in [0.25, 0.3) is 0 Å². The highest BCUT2D eigenvalue weighted by atomic mass is 35.5. The van der Waals surface area contributed by atoms with E-state index in [1.54, 1.807) is 0 Å². The van der Waals surface area contributed by atoms with E-state index in [1.165, 1.54) is 0 Å². The van der Waals surface area contributed by atoms with Gasteiger partial charge in [-0.25, -0.2) is 4.99 Å². The number of guanidine groups is 1. The molecule has 1 aliphatic rings. The number of hydrogen-bond donors (Lipinski definition) is 2. The molecular weight excluding hydrogens is 352 g/mol. The summed E-state index contributed by atoms with van der Waals surface area (Å²) >= 11 is 5.94. The Bertz CT molecular complexity index is 737. The molecule has 0 bridgehead atoms. The van der Waals surface area contributed by atoms with Gasteiger partial charge in [-0.1, -0.05) is 23.7 Å². The summed E-state index contributed by atoms with van der Waals surface area (Å²) in [7, 11) is 1.96. The molecule has 1 unspecified atom stereocenters. The highest BCUT2D eigenvalue weighted by Gasteiger charge is 2.16. The summed E-state index contributed by atoms with van der Waals surface area (Å²) in [6, 6.07) is 7.72. The second kappa shape index (κ2) is 9.00. The Morgan fingerprint density at radius 3 is 2.77 bits per heavy atom. The zero-order chi connectivity index (χ0) is 18.4. The molecule has 0 amide bonds. The summed E-state index contributed by atoms with van der Waals surface area (Å²) in [5.74, 6) is 2.48. The van der Waals surface area contributed by atoms with E-state index < -0.39 is 0 Å².